The molecule has 10 nitrogen and oxygen atoms in total. The number of methoxy groups -OCH3 is 1. The summed E-state index contributed by atoms with van der Waals surface area (Å²) < 4.78 is 4.66. The monoisotopic (exact) mass is 447 g/mol. The summed E-state index contributed by atoms with van der Waals surface area (Å²) >= 11 is 0. The Labute approximate surface area is 188 Å². The normalized spacial score (nSPS) is 16.9. The minimum absolute atomic E-state index is 0.0134. The van der Waals surface area contributed by atoms with Gasteiger partial charge in [0, 0.05) is 44.5 Å². The molecule has 1 aromatic rings. The van der Waals surface area contributed by atoms with Gasteiger partial charge in [-0.05, 0) is 45.0 Å². The first kappa shape index (κ1) is 25.0. The number of rotatable bonds is 6. The van der Waals surface area contributed by atoms with Gasteiger partial charge in [0.05, 0.1) is 13.7 Å². The molecule has 0 unspecified atom stereocenters. The first-order valence-corrected chi connectivity index (χ1v) is 10.6. The minimum Gasteiger partial charge on any atom is -0.467 e. The van der Waals surface area contributed by atoms with Gasteiger partial charge in [-0.1, -0.05) is 0 Å². The molecule has 4 amide bonds. The lowest BCUT2D eigenvalue weighted by Gasteiger charge is -2.41. The third-order valence-corrected chi connectivity index (χ3v) is 5.19. The fraction of sp³-hybridized carbons (Fsp3) is 0.545. The van der Waals surface area contributed by atoms with Gasteiger partial charge in [-0.25, -0.2) is 9.59 Å². The van der Waals surface area contributed by atoms with Crippen LogP contribution in [0.3, 0.4) is 0 Å². The second kappa shape index (κ2) is 10.8. The van der Waals surface area contributed by atoms with Crippen LogP contribution in [0.5, 0.6) is 0 Å². The molecule has 1 aromatic carbocycles. The van der Waals surface area contributed by atoms with Gasteiger partial charge >= 0.3 is 12.0 Å². The number of hydrogen-bond acceptors (Lipinski definition) is 6. The Hall–Kier alpha value is -3.30. The van der Waals surface area contributed by atoms with E-state index in [4.69, 9.17) is 0 Å². The quantitative estimate of drug-likeness (QED) is 0.621. The van der Waals surface area contributed by atoms with Gasteiger partial charge < -0.3 is 30.1 Å². The lowest BCUT2D eigenvalue weighted by molar-refractivity contribution is -0.145. The van der Waals surface area contributed by atoms with Crippen LogP contribution >= 0.6 is 0 Å². The Bertz CT molecular complexity index is 840. The van der Waals surface area contributed by atoms with E-state index in [0.29, 0.717) is 5.56 Å². The highest BCUT2D eigenvalue weighted by Gasteiger charge is 2.38. The topological polar surface area (TPSA) is 111 Å². The highest BCUT2D eigenvalue weighted by atomic mass is 16.5. The predicted octanol–water partition coefficient (Wildman–Crippen LogP) is 0.675. The molecule has 1 aliphatic heterocycles. The smallest absolute Gasteiger partial charge is 0.328 e. The van der Waals surface area contributed by atoms with Gasteiger partial charge in [0.15, 0.2) is 0 Å². The van der Waals surface area contributed by atoms with Crippen molar-refractivity contribution >= 4 is 29.5 Å². The molecule has 0 aliphatic carbocycles. The van der Waals surface area contributed by atoms with Crippen LogP contribution in [-0.2, 0) is 14.3 Å². The Morgan fingerprint density at radius 2 is 1.66 bits per heavy atom. The van der Waals surface area contributed by atoms with Crippen molar-refractivity contribution in [1.82, 2.24) is 20.4 Å². The molecule has 2 rings (SSSR count). The van der Waals surface area contributed by atoms with Crippen molar-refractivity contribution in [3.8, 4) is 0 Å². The molecular formula is C22H33N5O5. The summed E-state index contributed by atoms with van der Waals surface area (Å²) in [4.78, 5) is 55.3. The second-order valence-electron chi connectivity index (χ2n) is 8.26. The number of hydrogen-bond donors (Lipinski definition) is 2. The molecule has 0 saturated carbocycles. The molecule has 1 saturated heterocycles. The number of benzene rings is 1. The molecule has 0 aromatic heterocycles. The van der Waals surface area contributed by atoms with E-state index < -0.39 is 30.0 Å². The first-order chi connectivity index (χ1) is 15.0. The van der Waals surface area contributed by atoms with Crippen molar-refractivity contribution < 1.29 is 23.9 Å². The zero-order valence-electron chi connectivity index (χ0n) is 19.5. The highest BCUT2D eigenvalue weighted by Crippen LogP contribution is 2.17. The largest absolute Gasteiger partial charge is 0.467 e. The van der Waals surface area contributed by atoms with Crippen molar-refractivity contribution in [1.29, 1.82) is 0 Å². The van der Waals surface area contributed by atoms with Crippen LogP contribution in [0, 0.1) is 0 Å². The molecule has 0 spiro atoms. The highest BCUT2D eigenvalue weighted by molar-refractivity contribution is 5.96. The average Bonchev–Trinajstić information content (AvgIpc) is 2.76. The number of esters is 1. The number of ether oxygens (including phenoxy) is 1. The average molecular weight is 448 g/mol. The van der Waals surface area contributed by atoms with Gasteiger partial charge in [-0.3, -0.25) is 9.59 Å². The van der Waals surface area contributed by atoms with Crippen LogP contribution in [-0.4, -0.2) is 92.6 Å². The first-order valence-electron chi connectivity index (χ1n) is 10.6. The molecule has 176 valence electrons. The number of carbonyl (C=O) groups is 4. The number of piperazine rings is 1. The fourth-order valence-electron chi connectivity index (χ4n) is 3.39. The number of carbonyl (C=O) groups excluding carboxylic acids is 4. The van der Waals surface area contributed by atoms with Crippen LogP contribution in [0.25, 0.3) is 0 Å². The number of urea groups is 1. The molecule has 10 heteroatoms. The van der Waals surface area contributed by atoms with Crippen molar-refractivity contribution in [3.05, 3.63) is 29.8 Å². The Morgan fingerprint density at radius 3 is 2.19 bits per heavy atom. The number of nitrogens with zero attached hydrogens (tertiary/aromatic N) is 3. The number of amides is 4. The van der Waals surface area contributed by atoms with Gasteiger partial charge in [0.25, 0.3) is 5.91 Å². The molecule has 1 fully saturated rings. The third-order valence-electron chi connectivity index (χ3n) is 5.19. The van der Waals surface area contributed by atoms with E-state index in [0.717, 1.165) is 5.69 Å². The van der Waals surface area contributed by atoms with E-state index in [2.05, 4.69) is 15.4 Å². The van der Waals surface area contributed by atoms with Gasteiger partial charge in [-0.15, -0.1) is 0 Å². The van der Waals surface area contributed by atoms with Crippen molar-refractivity contribution in [2.24, 2.45) is 0 Å². The number of anilines is 1. The van der Waals surface area contributed by atoms with E-state index in [1.165, 1.54) is 18.9 Å². The zero-order valence-corrected chi connectivity index (χ0v) is 19.5. The zero-order chi connectivity index (χ0) is 24.0. The summed E-state index contributed by atoms with van der Waals surface area (Å²) in [6.07, 6.45) is 0. The summed E-state index contributed by atoms with van der Waals surface area (Å²) in [6, 6.07) is 4.84. The van der Waals surface area contributed by atoms with Crippen molar-refractivity contribution in [2.45, 2.75) is 38.9 Å². The van der Waals surface area contributed by atoms with E-state index in [-0.39, 0.29) is 31.6 Å². The summed E-state index contributed by atoms with van der Waals surface area (Å²) in [5, 5.41) is 5.36. The van der Waals surface area contributed by atoms with Crippen LogP contribution in [0.15, 0.2) is 24.3 Å². The van der Waals surface area contributed by atoms with Crippen LogP contribution in [0.4, 0.5) is 10.5 Å². The predicted molar refractivity (Wildman–Crippen MR) is 120 cm³/mol. The number of nitrogens with one attached hydrogen (secondary N) is 2. The molecule has 1 heterocycles. The lowest BCUT2D eigenvalue weighted by atomic mass is 10.1. The van der Waals surface area contributed by atoms with E-state index in [1.807, 2.05) is 45.0 Å². The maximum Gasteiger partial charge on any atom is 0.328 e. The third kappa shape index (κ3) is 6.12. The lowest BCUT2D eigenvalue weighted by Crippen LogP contribution is -2.64. The summed E-state index contributed by atoms with van der Waals surface area (Å²) in [5.74, 6) is -1.35. The van der Waals surface area contributed by atoms with E-state index in [9.17, 15) is 19.2 Å². The maximum atomic E-state index is 13.1. The fourth-order valence-corrected chi connectivity index (χ4v) is 3.39. The molecule has 1 aliphatic rings. The summed E-state index contributed by atoms with van der Waals surface area (Å²) in [6.45, 7) is 5.63. The minimum atomic E-state index is -0.945. The van der Waals surface area contributed by atoms with Crippen LogP contribution in [0.2, 0.25) is 0 Å². The molecule has 2 N–H and O–H groups in total. The second-order valence-corrected chi connectivity index (χ2v) is 8.26. The van der Waals surface area contributed by atoms with Crippen LogP contribution in [0.1, 0.15) is 31.1 Å². The van der Waals surface area contributed by atoms with E-state index >= 15 is 0 Å². The molecule has 2 atom stereocenters. The van der Waals surface area contributed by atoms with Gasteiger partial charge in [-0.2, -0.15) is 0 Å². The Morgan fingerprint density at radius 1 is 1.03 bits per heavy atom. The Kier molecular flexibility index (Phi) is 8.45. The molecule has 0 radical (unpaired) electrons. The Balaban J connectivity index is 2.21. The van der Waals surface area contributed by atoms with Gasteiger partial charge in [0.2, 0.25) is 5.91 Å². The molecule has 32 heavy (non-hydrogen) atoms. The SMILES string of the molecule is COC(=O)[C@@H](C)NC(=O)[C@H]1CN(C(=O)c2ccc(N(C)C)cc2)CCN1C(=O)NC(C)C. The van der Waals surface area contributed by atoms with Gasteiger partial charge in [0.1, 0.15) is 12.1 Å². The van der Waals surface area contributed by atoms with Crippen LogP contribution < -0.4 is 15.5 Å². The summed E-state index contributed by atoms with van der Waals surface area (Å²) in [5.41, 5.74) is 1.46. The summed E-state index contributed by atoms with van der Waals surface area (Å²) in [7, 11) is 5.06. The van der Waals surface area contributed by atoms with Crippen molar-refractivity contribution in [2.75, 3.05) is 45.7 Å². The maximum absolute atomic E-state index is 13.1. The molecule has 0 bridgehead atoms. The molecular weight excluding hydrogens is 414 g/mol. The van der Waals surface area contributed by atoms with Crippen molar-refractivity contribution in [3.63, 3.8) is 0 Å². The van der Waals surface area contributed by atoms with E-state index in [1.54, 1.807) is 17.0 Å². The standard InChI is InChI=1S/C22H33N5O5/c1-14(2)23-22(31)27-12-11-26(13-18(27)19(28)24-15(3)21(30)32-6)20(29)16-7-9-17(10-8-16)25(4)5/h7-10,14-15,18H,11-13H2,1-6H3,(H,23,31)(H,24,28)/t15-,18-/m1/s1.